The van der Waals surface area contributed by atoms with Gasteiger partial charge in [-0.25, -0.2) is 0 Å². The van der Waals surface area contributed by atoms with E-state index in [0.717, 1.165) is 24.4 Å². The molecule has 3 heterocycles. The first-order valence-corrected chi connectivity index (χ1v) is 13.4. The van der Waals surface area contributed by atoms with Crippen LogP contribution in [0, 0.1) is 0 Å². The molecule has 0 saturated carbocycles. The minimum Gasteiger partial charge on any atom is -0.494 e. The standard InChI is InChI=1S/C29H37N3O4/c33-27-22-36-29(23-32(27)25-8-3-1-4-9-25)14-19-31(20-15-29)28(34)24-10-12-26(13-11-24)35-21-7-18-30-16-5-2-6-17-30/h1,3-4,8-13H,2,5-7,14-23H2. The number of ether oxygens (including phenoxy) is 2. The second-order valence-corrected chi connectivity index (χ2v) is 10.2. The SMILES string of the molecule is O=C(c1ccc(OCCCN2CCCCC2)cc1)N1CCC2(CC1)CN(c1ccccc1)C(=O)CO2. The van der Waals surface area contributed by atoms with Gasteiger partial charge in [0, 0.05) is 30.9 Å². The molecule has 7 nitrogen and oxygen atoms in total. The van der Waals surface area contributed by atoms with Crippen LogP contribution in [-0.2, 0) is 9.53 Å². The Morgan fingerprint density at radius 3 is 2.36 bits per heavy atom. The summed E-state index contributed by atoms with van der Waals surface area (Å²) in [7, 11) is 0. The summed E-state index contributed by atoms with van der Waals surface area (Å²) >= 11 is 0. The number of hydrogen-bond donors (Lipinski definition) is 0. The van der Waals surface area contributed by atoms with E-state index in [4.69, 9.17) is 9.47 Å². The third kappa shape index (κ3) is 5.90. The fraction of sp³-hybridized carbons (Fsp3) is 0.517. The van der Waals surface area contributed by atoms with Crippen LogP contribution in [0.4, 0.5) is 5.69 Å². The molecule has 2 amide bonds. The molecule has 5 rings (SSSR count). The number of hydrogen-bond acceptors (Lipinski definition) is 5. The molecule has 7 heteroatoms. The highest BCUT2D eigenvalue weighted by atomic mass is 16.5. The Bertz CT molecular complexity index is 1010. The monoisotopic (exact) mass is 491 g/mol. The average Bonchev–Trinajstić information content (AvgIpc) is 2.94. The molecule has 0 radical (unpaired) electrons. The third-order valence-electron chi connectivity index (χ3n) is 7.72. The van der Waals surface area contributed by atoms with Gasteiger partial charge < -0.3 is 24.2 Å². The van der Waals surface area contributed by atoms with Crippen molar-refractivity contribution < 1.29 is 19.1 Å². The Morgan fingerprint density at radius 2 is 1.64 bits per heavy atom. The van der Waals surface area contributed by atoms with Crippen LogP contribution in [0.25, 0.3) is 0 Å². The Labute approximate surface area is 214 Å². The van der Waals surface area contributed by atoms with Gasteiger partial charge in [-0.1, -0.05) is 24.6 Å². The number of carbonyl (C=O) groups is 2. The van der Waals surface area contributed by atoms with Gasteiger partial charge in [0.25, 0.3) is 11.8 Å². The first-order chi connectivity index (χ1) is 17.6. The fourth-order valence-corrected chi connectivity index (χ4v) is 5.52. The van der Waals surface area contributed by atoms with Gasteiger partial charge in [-0.3, -0.25) is 9.59 Å². The number of carbonyl (C=O) groups excluding carboxylic acids is 2. The van der Waals surface area contributed by atoms with E-state index >= 15 is 0 Å². The molecular formula is C29H37N3O4. The lowest BCUT2D eigenvalue weighted by Crippen LogP contribution is -2.59. The molecule has 0 N–H and O–H groups in total. The molecule has 192 valence electrons. The summed E-state index contributed by atoms with van der Waals surface area (Å²) in [6.45, 7) is 6.06. The van der Waals surface area contributed by atoms with Crippen LogP contribution in [0.1, 0.15) is 48.9 Å². The van der Waals surface area contributed by atoms with Crippen LogP contribution in [0.15, 0.2) is 54.6 Å². The Balaban J connectivity index is 1.09. The highest BCUT2D eigenvalue weighted by Gasteiger charge is 2.43. The highest BCUT2D eigenvalue weighted by Crippen LogP contribution is 2.33. The molecule has 2 aromatic carbocycles. The zero-order valence-electron chi connectivity index (χ0n) is 21.1. The van der Waals surface area contributed by atoms with Crippen molar-refractivity contribution in [1.82, 2.24) is 9.80 Å². The van der Waals surface area contributed by atoms with Crippen molar-refractivity contribution in [2.45, 2.75) is 44.1 Å². The maximum atomic E-state index is 13.1. The molecule has 0 aliphatic carbocycles. The number of benzene rings is 2. The highest BCUT2D eigenvalue weighted by molar-refractivity contribution is 5.95. The van der Waals surface area contributed by atoms with Crippen molar-refractivity contribution in [3.05, 3.63) is 60.2 Å². The molecule has 0 unspecified atom stereocenters. The van der Waals surface area contributed by atoms with E-state index in [1.165, 1.54) is 32.4 Å². The van der Waals surface area contributed by atoms with Gasteiger partial charge >= 0.3 is 0 Å². The molecule has 3 fully saturated rings. The van der Waals surface area contributed by atoms with Crippen molar-refractivity contribution >= 4 is 17.5 Å². The fourth-order valence-electron chi connectivity index (χ4n) is 5.52. The molecule has 0 aromatic heterocycles. The smallest absolute Gasteiger partial charge is 0.253 e. The van der Waals surface area contributed by atoms with E-state index < -0.39 is 5.60 Å². The number of anilines is 1. The van der Waals surface area contributed by atoms with Crippen LogP contribution in [0.5, 0.6) is 5.75 Å². The minimum absolute atomic E-state index is 0.0147. The summed E-state index contributed by atoms with van der Waals surface area (Å²) in [6.07, 6.45) is 6.44. The molecule has 2 aromatic rings. The van der Waals surface area contributed by atoms with Gasteiger partial charge in [0.2, 0.25) is 0 Å². The van der Waals surface area contributed by atoms with E-state index in [9.17, 15) is 9.59 Å². The number of para-hydroxylation sites is 1. The number of piperidine rings is 2. The van der Waals surface area contributed by atoms with Gasteiger partial charge in [0.1, 0.15) is 12.4 Å². The number of amides is 2. The first kappa shape index (κ1) is 24.8. The van der Waals surface area contributed by atoms with Crippen LogP contribution in [-0.4, -0.2) is 79.7 Å². The maximum Gasteiger partial charge on any atom is 0.253 e. The number of nitrogens with zero attached hydrogens (tertiary/aromatic N) is 3. The third-order valence-corrected chi connectivity index (χ3v) is 7.72. The topological polar surface area (TPSA) is 62.3 Å². The summed E-state index contributed by atoms with van der Waals surface area (Å²) in [4.78, 5) is 31.9. The second-order valence-electron chi connectivity index (χ2n) is 10.2. The zero-order chi connectivity index (χ0) is 24.8. The van der Waals surface area contributed by atoms with Crippen molar-refractivity contribution in [2.24, 2.45) is 0 Å². The van der Waals surface area contributed by atoms with Gasteiger partial charge in [-0.15, -0.1) is 0 Å². The van der Waals surface area contributed by atoms with E-state index in [0.29, 0.717) is 44.6 Å². The van der Waals surface area contributed by atoms with Crippen molar-refractivity contribution in [3.8, 4) is 5.75 Å². The quantitative estimate of drug-likeness (QED) is 0.549. The number of rotatable bonds is 7. The van der Waals surface area contributed by atoms with Crippen LogP contribution < -0.4 is 9.64 Å². The lowest BCUT2D eigenvalue weighted by atomic mass is 9.88. The predicted octanol–water partition coefficient (Wildman–Crippen LogP) is 3.98. The molecule has 0 atom stereocenters. The Hall–Kier alpha value is -2.90. The summed E-state index contributed by atoms with van der Waals surface area (Å²) in [5, 5.41) is 0. The summed E-state index contributed by atoms with van der Waals surface area (Å²) < 4.78 is 12.0. The average molecular weight is 492 g/mol. The predicted molar refractivity (Wildman–Crippen MR) is 139 cm³/mol. The molecular weight excluding hydrogens is 454 g/mol. The van der Waals surface area contributed by atoms with Gasteiger partial charge in [-0.2, -0.15) is 0 Å². The molecule has 36 heavy (non-hydrogen) atoms. The van der Waals surface area contributed by atoms with Crippen molar-refractivity contribution in [1.29, 1.82) is 0 Å². The van der Waals surface area contributed by atoms with Gasteiger partial charge in [0.05, 0.1) is 18.8 Å². The van der Waals surface area contributed by atoms with Crippen molar-refractivity contribution in [3.63, 3.8) is 0 Å². The molecule has 3 aliphatic heterocycles. The van der Waals surface area contributed by atoms with Gasteiger partial charge in [-0.05, 0) is 81.6 Å². The van der Waals surface area contributed by atoms with Crippen LogP contribution >= 0.6 is 0 Å². The Kier molecular flexibility index (Phi) is 7.87. The minimum atomic E-state index is -0.396. The first-order valence-electron chi connectivity index (χ1n) is 13.4. The van der Waals surface area contributed by atoms with E-state index in [1.54, 1.807) is 0 Å². The van der Waals surface area contributed by atoms with E-state index in [2.05, 4.69) is 4.90 Å². The molecule has 3 aliphatic rings. The van der Waals surface area contributed by atoms with Gasteiger partial charge in [0.15, 0.2) is 0 Å². The largest absolute Gasteiger partial charge is 0.494 e. The lowest BCUT2D eigenvalue weighted by molar-refractivity contribution is -0.143. The van der Waals surface area contributed by atoms with E-state index in [-0.39, 0.29) is 18.4 Å². The maximum absolute atomic E-state index is 13.1. The van der Waals surface area contributed by atoms with E-state index in [1.807, 2.05) is 64.4 Å². The number of morpholine rings is 1. The second kappa shape index (κ2) is 11.4. The van der Waals surface area contributed by atoms with Crippen LogP contribution in [0.2, 0.25) is 0 Å². The van der Waals surface area contributed by atoms with Crippen molar-refractivity contribution in [2.75, 3.05) is 57.4 Å². The number of likely N-dealkylation sites (tertiary alicyclic amines) is 2. The Morgan fingerprint density at radius 1 is 0.917 bits per heavy atom. The molecule has 0 bridgehead atoms. The normalized spacial score (nSPS) is 20.5. The molecule has 3 saturated heterocycles. The lowest BCUT2D eigenvalue weighted by Gasteiger charge is -2.47. The summed E-state index contributed by atoms with van der Waals surface area (Å²) in [5.74, 6) is 0.830. The summed E-state index contributed by atoms with van der Waals surface area (Å²) in [5.41, 5.74) is 1.18. The summed E-state index contributed by atoms with van der Waals surface area (Å²) in [6, 6.07) is 17.3. The molecule has 1 spiro atoms. The van der Waals surface area contributed by atoms with Crippen LogP contribution in [0.3, 0.4) is 0 Å². The zero-order valence-corrected chi connectivity index (χ0v) is 21.1.